The van der Waals surface area contributed by atoms with E-state index in [1.807, 2.05) is 0 Å². The molecule has 0 amide bonds. The Balaban J connectivity index is -0.000000107. The van der Waals surface area contributed by atoms with Crippen LogP contribution in [0.2, 0.25) is 0 Å². The molecule has 0 aromatic carbocycles. The zero-order valence-electron chi connectivity index (χ0n) is 7.17. The van der Waals surface area contributed by atoms with Crippen LogP contribution in [0.1, 0.15) is 0 Å². The second kappa shape index (κ2) is 22.5. The van der Waals surface area contributed by atoms with E-state index in [1.165, 1.54) is 14.2 Å². The van der Waals surface area contributed by atoms with Gasteiger partial charge in [-0.15, -0.1) is 13.2 Å². The number of ether oxygens (including phenoxy) is 2. The van der Waals surface area contributed by atoms with Gasteiger partial charge in [0.25, 0.3) is 0 Å². The Bertz CT molecular complexity index is 35.6. The molecule has 0 aromatic heterocycles. The van der Waals surface area contributed by atoms with Gasteiger partial charge in [-0.2, -0.15) is 0 Å². The van der Waals surface area contributed by atoms with E-state index in [-0.39, 0.29) is 58.7 Å². The number of rotatable bonds is 4. The van der Waals surface area contributed by atoms with E-state index in [0.717, 1.165) is 0 Å². The molecule has 0 spiro atoms. The molecule has 0 saturated heterocycles. The molecule has 0 aliphatic heterocycles. The van der Waals surface area contributed by atoms with E-state index >= 15 is 0 Å². The van der Waals surface area contributed by atoms with Gasteiger partial charge in [0.15, 0.2) is 0 Å². The predicted octanol–water partition coefficient (Wildman–Crippen LogP) is -2.39. The summed E-state index contributed by atoms with van der Waals surface area (Å²) >= 11 is 0. The minimum Gasteiger partial charge on any atom is -0.853 e. The fourth-order valence-electron chi connectivity index (χ4n) is 0.167. The van der Waals surface area contributed by atoms with Crippen molar-refractivity contribution < 1.29 is 19.7 Å². The van der Waals surface area contributed by atoms with Crippen LogP contribution < -0.4 is 10.2 Å². The smallest absolute Gasteiger partial charge is 0.853 e. The van der Waals surface area contributed by atoms with Crippen LogP contribution >= 0.6 is 0 Å². The van der Waals surface area contributed by atoms with Gasteiger partial charge in [0.1, 0.15) is 0 Å². The molecule has 0 fully saturated rings. The third-order valence-electron chi connectivity index (χ3n) is 0.575. The molecule has 64 valence electrons. The zero-order valence-corrected chi connectivity index (χ0v) is 10.6. The first-order valence-corrected chi connectivity index (χ1v) is 2.97. The molecule has 0 rings (SSSR count). The van der Waals surface area contributed by atoms with Gasteiger partial charge in [0, 0.05) is 27.4 Å². The standard InChI is InChI=1S/2C3H7O2.Sr/c2*1-5-3-2-4;/h2*2-3H2,1H3;/q2*-1;+2. The largest absolute Gasteiger partial charge is 2.00 e. The van der Waals surface area contributed by atoms with Gasteiger partial charge in [-0.1, -0.05) is 0 Å². The average Bonchev–Trinajstić information content (AvgIpc) is 1.93. The van der Waals surface area contributed by atoms with E-state index in [0.29, 0.717) is 13.2 Å². The number of methoxy groups -OCH3 is 2. The molecule has 0 N–H and O–H groups in total. The summed E-state index contributed by atoms with van der Waals surface area (Å²) in [5.74, 6) is 0. The van der Waals surface area contributed by atoms with E-state index in [1.54, 1.807) is 0 Å². The maximum absolute atomic E-state index is 9.40. The molecule has 0 unspecified atom stereocenters. The number of hydrogen-bond donors (Lipinski definition) is 0. The van der Waals surface area contributed by atoms with Crippen LogP contribution in [-0.4, -0.2) is 86.1 Å². The van der Waals surface area contributed by atoms with Crippen molar-refractivity contribution in [2.24, 2.45) is 0 Å². The predicted molar refractivity (Wildman–Crippen MR) is 39.2 cm³/mol. The molecule has 5 heteroatoms. The zero-order chi connectivity index (χ0) is 8.24. The minimum absolute atomic E-state index is 0. The molecule has 0 aliphatic carbocycles. The van der Waals surface area contributed by atoms with Crippen molar-refractivity contribution in [1.82, 2.24) is 0 Å². The van der Waals surface area contributed by atoms with Gasteiger partial charge in [-0.05, 0) is 0 Å². The first kappa shape index (κ1) is 18.2. The maximum atomic E-state index is 9.40. The maximum Gasteiger partial charge on any atom is 2.00 e. The normalized spacial score (nSPS) is 7.64. The van der Waals surface area contributed by atoms with Gasteiger partial charge in [0.2, 0.25) is 0 Å². The van der Waals surface area contributed by atoms with Crippen molar-refractivity contribution in [2.75, 3.05) is 40.6 Å². The molecule has 0 saturated carbocycles. The first-order valence-electron chi connectivity index (χ1n) is 2.97. The van der Waals surface area contributed by atoms with Crippen LogP contribution in [0.4, 0.5) is 0 Å². The fourth-order valence-corrected chi connectivity index (χ4v) is 0.167. The Hall–Kier alpha value is 1.32. The van der Waals surface area contributed by atoms with Crippen molar-refractivity contribution in [1.29, 1.82) is 0 Å². The molecule has 0 radical (unpaired) electrons. The van der Waals surface area contributed by atoms with Crippen LogP contribution in [0, 0.1) is 0 Å². The molecule has 0 aromatic rings. The summed E-state index contributed by atoms with van der Waals surface area (Å²) in [4.78, 5) is 0. The Morgan fingerprint density at radius 3 is 1.18 bits per heavy atom. The van der Waals surface area contributed by atoms with Gasteiger partial charge < -0.3 is 19.7 Å². The second-order valence-electron chi connectivity index (χ2n) is 1.39. The average molecular weight is 238 g/mol. The van der Waals surface area contributed by atoms with Crippen molar-refractivity contribution >= 4 is 45.5 Å². The van der Waals surface area contributed by atoms with Crippen LogP contribution in [-0.2, 0) is 9.47 Å². The molecule has 11 heavy (non-hydrogen) atoms. The summed E-state index contributed by atoms with van der Waals surface area (Å²) in [6, 6.07) is 0. The second-order valence-corrected chi connectivity index (χ2v) is 1.39. The first-order chi connectivity index (χ1) is 4.83. The minimum atomic E-state index is -0.128. The Morgan fingerprint density at radius 1 is 0.909 bits per heavy atom. The van der Waals surface area contributed by atoms with Crippen LogP contribution in [0.5, 0.6) is 0 Å². The molecule has 0 aliphatic rings. The van der Waals surface area contributed by atoms with E-state index < -0.39 is 0 Å². The van der Waals surface area contributed by atoms with Crippen LogP contribution in [0.15, 0.2) is 0 Å². The van der Waals surface area contributed by atoms with Crippen LogP contribution in [0.25, 0.3) is 0 Å². The quantitative estimate of drug-likeness (QED) is 0.512. The van der Waals surface area contributed by atoms with Gasteiger partial charge in [-0.3, -0.25) is 0 Å². The van der Waals surface area contributed by atoms with Gasteiger partial charge in [0.05, 0.1) is 0 Å². The molecular formula is C6H14O4Sr. The van der Waals surface area contributed by atoms with E-state index in [9.17, 15) is 10.2 Å². The molecule has 0 atom stereocenters. The summed E-state index contributed by atoms with van der Waals surface area (Å²) in [6.45, 7) is 0.410. The summed E-state index contributed by atoms with van der Waals surface area (Å²) in [6.07, 6.45) is 0. The van der Waals surface area contributed by atoms with E-state index in [2.05, 4.69) is 9.47 Å². The van der Waals surface area contributed by atoms with Crippen molar-refractivity contribution in [2.45, 2.75) is 0 Å². The van der Waals surface area contributed by atoms with Crippen molar-refractivity contribution in [3.8, 4) is 0 Å². The van der Waals surface area contributed by atoms with Gasteiger partial charge >= 0.3 is 45.5 Å². The fraction of sp³-hybridized carbons (Fsp3) is 1.00. The Morgan fingerprint density at radius 2 is 1.18 bits per heavy atom. The number of hydrogen-bond acceptors (Lipinski definition) is 4. The molecule has 0 bridgehead atoms. The SMILES string of the molecule is COCC[O-].COCC[O-].[Sr+2]. The van der Waals surface area contributed by atoms with E-state index in [4.69, 9.17) is 0 Å². The summed E-state index contributed by atoms with van der Waals surface area (Å²) in [7, 11) is 3.02. The molecule has 0 heterocycles. The summed E-state index contributed by atoms with van der Waals surface area (Å²) < 4.78 is 8.76. The Labute approximate surface area is 105 Å². The van der Waals surface area contributed by atoms with Gasteiger partial charge in [-0.25, -0.2) is 0 Å². The summed E-state index contributed by atoms with van der Waals surface area (Å²) in [5.41, 5.74) is 0. The molecule has 4 nitrogen and oxygen atoms in total. The third-order valence-corrected chi connectivity index (χ3v) is 0.575. The van der Waals surface area contributed by atoms with Crippen LogP contribution in [0.3, 0.4) is 0 Å². The van der Waals surface area contributed by atoms with Crippen molar-refractivity contribution in [3.05, 3.63) is 0 Å². The topological polar surface area (TPSA) is 64.6 Å². The third kappa shape index (κ3) is 34.7. The molecular weight excluding hydrogens is 224 g/mol. The van der Waals surface area contributed by atoms with Crippen molar-refractivity contribution in [3.63, 3.8) is 0 Å². The summed E-state index contributed by atoms with van der Waals surface area (Å²) in [5, 5.41) is 18.8. The monoisotopic (exact) mass is 238 g/mol. The Kier molecular flexibility index (Phi) is 37.2.